The summed E-state index contributed by atoms with van der Waals surface area (Å²) in [4.78, 5) is 43.6. The predicted octanol–water partition coefficient (Wildman–Crippen LogP) is 4.30. The first kappa shape index (κ1) is 29.7. The summed E-state index contributed by atoms with van der Waals surface area (Å²) in [6, 6.07) is 13.6. The lowest BCUT2D eigenvalue weighted by atomic mass is 9.70. The van der Waals surface area contributed by atoms with E-state index in [4.69, 9.17) is 9.47 Å². The number of nitrogens with one attached hydrogen (secondary N) is 2. The van der Waals surface area contributed by atoms with Gasteiger partial charge in [0.2, 0.25) is 17.7 Å². The van der Waals surface area contributed by atoms with Crippen LogP contribution in [-0.4, -0.2) is 75.5 Å². The van der Waals surface area contributed by atoms with Crippen LogP contribution in [0.1, 0.15) is 32.6 Å². The quantitative estimate of drug-likeness (QED) is 0.233. The van der Waals surface area contributed by atoms with Crippen molar-refractivity contribution in [2.45, 2.75) is 53.5 Å². The molecule has 2 aromatic rings. The van der Waals surface area contributed by atoms with E-state index in [2.05, 4.69) is 26.6 Å². The number of likely N-dealkylation sites (tertiary alicyclic amines) is 1. The van der Waals surface area contributed by atoms with Crippen molar-refractivity contribution in [1.82, 2.24) is 4.90 Å². The number of hydrogen-bond acceptors (Lipinski definition) is 7. The lowest BCUT2D eigenvalue weighted by Crippen LogP contribution is -2.52. The summed E-state index contributed by atoms with van der Waals surface area (Å²) in [5, 5.41) is 15.1. The number of unbranched alkanes of at least 4 members (excludes halogenated alkanes) is 2. The van der Waals surface area contributed by atoms with E-state index in [1.54, 1.807) is 72.3 Å². The van der Waals surface area contributed by atoms with Gasteiger partial charge in [-0.25, -0.2) is 0 Å². The minimum Gasteiger partial charge on any atom is -0.497 e. The van der Waals surface area contributed by atoms with Crippen molar-refractivity contribution in [1.29, 1.82) is 0 Å². The molecule has 5 rings (SSSR count). The fourth-order valence-corrected chi connectivity index (χ4v) is 10.1. The number of fused-ring (bicyclic) bond motifs is 1. The van der Waals surface area contributed by atoms with E-state index in [9.17, 15) is 19.5 Å². The van der Waals surface area contributed by atoms with E-state index in [0.717, 1.165) is 6.42 Å². The molecule has 3 saturated heterocycles. The highest BCUT2D eigenvalue weighted by Gasteiger charge is 2.75. The molecule has 2 aromatic carbocycles. The Balaban J connectivity index is 1.42. The number of rotatable bonds is 12. The fraction of sp³-hybridized carbons (Fsp3) is 0.500. The maximum atomic E-state index is 14.1. The highest BCUT2D eigenvalue weighted by atomic mass is 79.9. The molecule has 3 aliphatic heterocycles. The molecule has 0 aliphatic carbocycles. The maximum Gasteiger partial charge on any atom is 0.248 e. The number of carbonyl (C=O) groups excluding carboxylic acids is 3. The highest BCUT2D eigenvalue weighted by Crippen LogP contribution is 2.67. The van der Waals surface area contributed by atoms with Gasteiger partial charge in [0.05, 0.1) is 30.3 Å². The van der Waals surface area contributed by atoms with Gasteiger partial charge in [-0.15, -0.1) is 11.8 Å². The van der Waals surface area contributed by atoms with Gasteiger partial charge in [-0.05, 0) is 81.1 Å². The van der Waals surface area contributed by atoms with Crippen molar-refractivity contribution in [2.24, 2.45) is 11.8 Å². The second-order valence-electron chi connectivity index (χ2n) is 10.6. The molecule has 2 bridgehead atoms. The van der Waals surface area contributed by atoms with Gasteiger partial charge in [0, 0.05) is 34.6 Å². The maximum absolute atomic E-state index is 14.1. The van der Waals surface area contributed by atoms with Crippen molar-refractivity contribution in [2.75, 3.05) is 37.5 Å². The zero-order valence-corrected chi connectivity index (χ0v) is 25.6. The van der Waals surface area contributed by atoms with Crippen LogP contribution in [0.25, 0.3) is 0 Å². The Kier molecular flexibility index (Phi) is 9.15. The lowest BCUT2D eigenvalue weighted by Gasteiger charge is -2.35. The topological polar surface area (TPSA) is 117 Å². The van der Waals surface area contributed by atoms with Gasteiger partial charge in [0.15, 0.2) is 0 Å². The second kappa shape index (κ2) is 12.6. The van der Waals surface area contributed by atoms with Crippen molar-refractivity contribution in [3.63, 3.8) is 0 Å². The smallest absolute Gasteiger partial charge is 0.248 e. The van der Waals surface area contributed by atoms with E-state index in [-0.39, 0.29) is 34.4 Å². The Bertz CT molecular complexity index is 1260. The standard InChI is InChI=1S/C30H36BrN3O6S/c1-3-40-21-13-9-18(10-14-21)32-27(36)23-24-29(38)34(15-5-4-6-16-35)26(30(24)17-22(31)25(23)41-30)28(37)33-19-7-11-20(39-2)12-8-19/h7-14,22-26,35H,3-6,15-17H2,1-2H3,(H,32,36)(H,33,37)/t22?,23-,24+,25-,26?,30?/m1/s1. The number of benzene rings is 2. The summed E-state index contributed by atoms with van der Waals surface area (Å²) in [6.45, 7) is 2.94. The van der Waals surface area contributed by atoms with E-state index in [1.807, 2.05) is 6.92 Å². The summed E-state index contributed by atoms with van der Waals surface area (Å²) in [6.07, 6.45) is 2.64. The Morgan fingerprint density at radius 2 is 1.66 bits per heavy atom. The minimum atomic E-state index is -0.732. The second-order valence-corrected chi connectivity index (χ2v) is 13.4. The number of nitrogens with zero attached hydrogens (tertiary/aromatic N) is 1. The molecule has 6 atom stereocenters. The van der Waals surface area contributed by atoms with Crippen molar-refractivity contribution in [3.8, 4) is 11.5 Å². The molecule has 0 radical (unpaired) electrons. The molecule has 3 amide bonds. The molecule has 1 spiro atoms. The van der Waals surface area contributed by atoms with Crippen LogP contribution in [0, 0.1) is 11.8 Å². The summed E-state index contributed by atoms with van der Waals surface area (Å²) in [5.74, 6) is -0.425. The van der Waals surface area contributed by atoms with E-state index < -0.39 is 22.6 Å². The number of ether oxygens (including phenoxy) is 2. The number of aliphatic hydroxyl groups excluding tert-OH is 1. The molecule has 0 saturated carbocycles. The highest BCUT2D eigenvalue weighted by molar-refractivity contribution is 9.09. The molecule has 11 heteroatoms. The Morgan fingerprint density at radius 3 is 2.27 bits per heavy atom. The largest absolute Gasteiger partial charge is 0.497 e. The van der Waals surface area contributed by atoms with Gasteiger partial charge in [-0.1, -0.05) is 15.9 Å². The van der Waals surface area contributed by atoms with Crippen LogP contribution < -0.4 is 20.1 Å². The van der Waals surface area contributed by atoms with Crippen molar-refractivity contribution >= 4 is 56.8 Å². The third-order valence-electron chi connectivity index (χ3n) is 8.19. The van der Waals surface area contributed by atoms with Crippen LogP contribution in [0.4, 0.5) is 11.4 Å². The number of methoxy groups -OCH3 is 1. The van der Waals surface area contributed by atoms with Gasteiger partial charge >= 0.3 is 0 Å². The number of hydrogen-bond donors (Lipinski definition) is 3. The Labute approximate surface area is 252 Å². The number of aliphatic hydroxyl groups is 1. The molecule has 3 aliphatic rings. The zero-order chi connectivity index (χ0) is 29.1. The first-order valence-corrected chi connectivity index (χ1v) is 15.8. The summed E-state index contributed by atoms with van der Waals surface area (Å²) < 4.78 is 10.0. The molecule has 0 aromatic heterocycles. The number of halogens is 1. The van der Waals surface area contributed by atoms with Crippen LogP contribution in [0.5, 0.6) is 11.5 Å². The summed E-state index contributed by atoms with van der Waals surface area (Å²) in [5.41, 5.74) is 1.24. The van der Waals surface area contributed by atoms with Crippen LogP contribution in [0.2, 0.25) is 0 Å². The average molecular weight is 647 g/mol. The van der Waals surface area contributed by atoms with Gasteiger partial charge in [-0.3, -0.25) is 14.4 Å². The van der Waals surface area contributed by atoms with Gasteiger partial charge < -0.3 is 30.1 Å². The number of alkyl halides is 1. The zero-order valence-electron chi connectivity index (χ0n) is 23.2. The lowest BCUT2D eigenvalue weighted by molar-refractivity contribution is -0.138. The fourth-order valence-electron chi connectivity index (χ4n) is 6.45. The average Bonchev–Trinajstić information content (AvgIpc) is 3.56. The Hall–Kier alpha value is -2.76. The van der Waals surface area contributed by atoms with E-state index in [1.165, 1.54) is 0 Å². The molecule has 41 heavy (non-hydrogen) atoms. The molecular weight excluding hydrogens is 610 g/mol. The Morgan fingerprint density at radius 1 is 1.02 bits per heavy atom. The van der Waals surface area contributed by atoms with E-state index in [0.29, 0.717) is 55.3 Å². The number of anilines is 2. The SMILES string of the molecule is CCOc1ccc(NC(=O)[C@H]2[C@@H]3SC4(CC3Br)C(C(=O)Nc3ccc(OC)cc3)N(CCCCCO)C(=O)[C@H]24)cc1. The van der Waals surface area contributed by atoms with E-state index >= 15 is 0 Å². The molecule has 3 heterocycles. The normalized spacial score (nSPS) is 28.0. The van der Waals surface area contributed by atoms with Gasteiger partial charge in [-0.2, -0.15) is 0 Å². The van der Waals surface area contributed by atoms with Crippen LogP contribution in [0.15, 0.2) is 48.5 Å². The molecule has 3 fully saturated rings. The third-order valence-corrected chi connectivity index (χ3v) is 11.4. The predicted molar refractivity (Wildman–Crippen MR) is 163 cm³/mol. The van der Waals surface area contributed by atoms with Gasteiger partial charge in [0.25, 0.3) is 0 Å². The van der Waals surface area contributed by atoms with Crippen molar-refractivity contribution < 1.29 is 29.0 Å². The monoisotopic (exact) mass is 645 g/mol. The van der Waals surface area contributed by atoms with Crippen LogP contribution in [0.3, 0.4) is 0 Å². The van der Waals surface area contributed by atoms with Crippen LogP contribution in [-0.2, 0) is 14.4 Å². The van der Waals surface area contributed by atoms with Crippen molar-refractivity contribution in [3.05, 3.63) is 48.5 Å². The summed E-state index contributed by atoms with van der Waals surface area (Å²) >= 11 is 5.41. The number of amides is 3. The summed E-state index contributed by atoms with van der Waals surface area (Å²) in [7, 11) is 1.58. The van der Waals surface area contributed by atoms with Crippen LogP contribution >= 0.6 is 27.7 Å². The molecule has 3 unspecified atom stereocenters. The molecule has 9 nitrogen and oxygen atoms in total. The molecule has 220 valence electrons. The molecule has 3 N–H and O–H groups in total. The first-order chi connectivity index (χ1) is 19.8. The molecular formula is C30H36BrN3O6S. The third kappa shape index (κ3) is 5.68. The number of thioether (sulfide) groups is 1. The minimum absolute atomic E-state index is 0.0155. The number of carbonyl (C=O) groups is 3. The van der Waals surface area contributed by atoms with Gasteiger partial charge in [0.1, 0.15) is 17.5 Å². The first-order valence-electron chi connectivity index (χ1n) is 14.0.